The van der Waals surface area contributed by atoms with Gasteiger partial charge in [-0.2, -0.15) is 0 Å². The zero-order valence-corrected chi connectivity index (χ0v) is 17.0. The first-order valence-electron chi connectivity index (χ1n) is 10.5. The molecule has 28 heavy (non-hydrogen) atoms. The molecule has 1 aromatic carbocycles. The van der Waals surface area contributed by atoms with E-state index in [2.05, 4.69) is 68.1 Å². The van der Waals surface area contributed by atoms with Crippen molar-refractivity contribution in [3.8, 4) is 11.3 Å². The predicted molar refractivity (Wildman–Crippen MR) is 113 cm³/mol. The minimum absolute atomic E-state index is 0.722. The molecule has 0 N–H and O–H groups in total. The molecule has 3 nitrogen and oxygen atoms in total. The first-order chi connectivity index (χ1) is 13.7. The summed E-state index contributed by atoms with van der Waals surface area (Å²) in [5.41, 5.74) is 7.82. The average Bonchev–Trinajstić information content (AvgIpc) is 3.35. The molecule has 0 radical (unpaired) electrons. The molecule has 0 saturated heterocycles. The average molecular weight is 372 g/mol. The van der Waals surface area contributed by atoms with Gasteiger partial charge in [-0.1, -0.05) is 31.9 Å². The third-order valence-corrected chi connectivity index (χ3v) is 6.37. The lowest BCUT2D eigenvalue weighted by molar-refractivity contribution is -0.660. The van der Waals surface area contributed by atoms with E-state index in [1.165, 1.54) is 48.1 Å². The van der Waals surface area contributed by atoms with E-state index in [1.807, 2.05) is 0 Å². The van der Waals surface area contributed by atoms with E-state index < -0.39 is 0 Å². The van der Waals surface area contributed by atoms with Gasteiger partial charge in [0, 0.05) is 28.1 Å². The minimum Gasteiger partial charge on any atom is -0.437 e. The second kappa shape index (κ2) is 6.73. The van der Waals surface area contributed by atoms with Crippen molar-refractivity contribution in [3.05, 3.63) is 59.4 Å². The van der Waals surface area contributed by atoms with Gasteiger partial charge in [0.05, 0.1) is 5.56 Å². The van der Waals surface area contributed by atoms with Gasteiger partial charge in [0.2, 0.25) is 11.4 Å². The van der Waals surface area contributed by atoms with Crippen LogP contribution in [0, 0.1) is 6.92 Å². The van der Waals surface area contributed by atoms with Gasteiger partial charge in [0.1, 0.15) is 7.05 Å². The molecule has 0 aliphatic heterocycles. The number of benzene rings is 1. The van der Waals surface area contributed by atoms with Gasteiger partial charge in [0.25, 0.3) is 0 Å². The molecule has 1 fully saturated rings. The predicted octanol–water partition coefficient (Wildman–Crippen LogP) is 6.00. The van der Waals surface area contributed by atoms with Crippen molar-refractivity contribution in [2.75, 3.05) is 0 Å². The van der Waals surface area contributed by atoms with Crippen LogP contribution in [-0.4, -0.2) is 4.98 Å². The number of rotatable bonds is 3. The Morgan fingerprint density at radius 2 is 1.82 bits per heavy atom. The van der Waals surface area contributed by atoms with Crippen LogP contribution in [0.4, 0.5) is 0 Å². The van der Waals surface area contributed by atoms with E-state index >= 15 is 0 Å². The van der Waals surface area contributed by atoms with Crippen LogP contribution < -0.4 is 4.57 Å². The summed E-state index contributed by atoms with van der Waals surface area (Å²) in [6.07, 6.45) is 8.60. The molecule has 1 saturated carbocycles. The van der Waals surface area contributed by atoms with Crippen molar-refractivity contribution in [1.82, 2.24) is 4.98 Å². The van der Waals surface area contributed by atoms with Gasteiger partial charge in [-0.15, -0.1) is 0 Å². The van der Waals surface area contributed by atoms with Crippen molar-refractivity contribution in [2.45, 2.75) is 51.9 Å². The van der Waals surface area contributed by atoms with Gasteiger partial charge < -0.3 is 4.42 Å². The van der Waals surface area contributed by atoms with E-state index in [4.69, 9.17) is 9.40 Å². The maximum atomic E-state index is 6.32. The Bertz CT molecular complexity index is 1180. The molecule has 3 heterocycles. The summed E-state index contributed by atoms with van der Waals surface area (Å²) in [6.45, 7) is 4.29. The Hall–Kier alpha value is -2.68. The van der Waals surface area contributed by atoms with Crippen molar-refractivity contribution in [1.29, 1.82) is 0 Å². The Labute approximate surface area is 166 Å². The number of nitrogens with zero attached hydrogens (tertiary/aromatic N) is 2. The molecule has 1 aliphatic carbocycles. The van der Waals surface area contributed by atoms with Gasteiger partial charge in [-0.3, -0.25) is 0 Å². The summed E-state index contributed by atoms with van der Waals surface area (Å²) in [5.74, 6) is 0.722. The lowest BCUT2D eigenvalue weighted by Gasteiger charge is -2.10. The summed E-state index contributed by atoms with van der Waals surface area (Å²) in [4.78, 5) is 4.71. The van der Waals surface area contributed by atoms with E-state index in [-0.39, 0.29) is 0 Å². The third-order valence-electron chi connectivity index (χ3n) is 6.37. The fourth-order valence-corrected chi connectivity index (χ4v) is 4.76. The van der Waals surface area contributed by atoms with Gasteiger partial charge in [-0.05, 0) is 55.9 Å². The molecule has 4 aromatic rings. The van der Waals surface area contributed by atoms with Gasteiger partial charge >= 0.3 is 0 Å². The zero-order chi connectivity index (χ0) is 19.3. The molecular formula is C25H27N2O+. The van der Waals surface area contributed by atoms with Crippen molar-refractivity contribution < 1.29 is 8.98 Å². The van der Waals surface area contributed by atoms with Gasteiger partial charge in [-0.25, -0.2) is 9.55 Å². The highest BCUT2D eigenvalue weighted by Gasteiger charge is 2.24. The van der Waals surface area contributed by atoms with Crippen LogP contribution >= 0.6 is 0 Å². The molecular weight excluding hydrogens is 344 g/mol. The Morgan fingerprint density at radius 3 is 2.57 bits per heavy atom. The highest BCUT2D eigenvalue weighted by atomic mass is 16.3. The van der Waals surface area contributed by atoms with Crippen molar-refractivity contribution >= 4 is 22.1 Å². The summed E-state index contributed by atoms with van der Waals surface area (Å²) >= 11 is 0. The maximum absolute atomic E-state index is 6.32. The Morgan fingerprint density at radius 1 is 1.04 bits per heavy atom. The normalized spacial score (nSPS) is 15.1. The summed E-state index contributed by atoms with van der Waals surface area (Å²) in [6, 6.07) is 13.2. The molecule has 0 unspecified atom stereocenters. The summed E-state index contributed by atoms with van der Waals surface area (Å²) < 4.78 is 8.59. The minimum atomic E-state index is 0.722. The summed E-state index contributed by atoms with van der Waals surface area (Å²) in [5, 5.41) is 2.24. The van der Waals surface area contributed by atoms with E-state index in [9.17, 15) is 0 Å². The topological polar surface area (TPSA) is 29.9 Å². The number of aryl methyl sites for hydroxylation is 3. The smallest absolute Gasteiger partial charge is 0.227 e. The number of hydrogen-bond donors (Lipinski definition) is 0. The zero-order valence-electron chi connectivity index (χ0n) is 17.0. The van der Waals surface area contributed by atoms with E-state index in [0.29, 0.717) is 0 Å². The van der Waals surface area contributed by atoms with Crippen LogP contribution in [0.1, 0.15) is 55.3 Å². The molecule has 5 rings (SSSR count). The fraction of sp³-hybridized carbons (Fsp3) is 0.360. The Kier molecular flexibility index (Phi) is 4.19. The third kappa shape index (κ3) is 2.72. The van der Waals surface area contributed by atoms with Crippen LogP contribution in [0.3, 0.4) is 0 Å². The van der Waals surface area contributed by atoms with Crippen LogP contribution in [0.5, 0.6) is 0 Å². The molecule has 1 aliphatic rings. The standard InChI is InChI=1S/C25H27N2O/c1-4-19-11-13-21-20-12-9-16(2)23(24(20)28-25(21)26-19)22-14-10-18(15-27(22)3)17-7-5-6-8-17/h9-15,17H,4-8H2,1-3H3/q+1. The van der Waals surface area contributed by atoms with Crippen LogP contribution in [0.2, 0.25) is 0 Å². The highest BCUT2D eigenvalue weighted by molar-refractivity contribution is 6.08. The van der Waals surface area contributed by atoms with Crippen molar-refractivity contribution in [3.63, 3.8) is 0 Å². The lowest BCUT2D eigenvalue weighted by atomic mass is 9.96. The molecule has 3 heteroatoms. The second-order valence-corrected chi connectivity index (χ2v) is 8.19. The largest absolute Gasteiger partial charge is 0.437 e. The number of fused-ring (bicyclic) bond motifs is 3. The van der Waals surface area contributed by atoms with Crippen molar-refractivity contribution in [2.24, 2.45) is 7.05 Å². The molecule has 0 amide bonds. The second-order valence-electron chi connectivity index (χ2n) is 8.19. The van der Waals surface area contributed by atoms with Crippen LogP contribution in [0.25, 0.3) is 33.3 Å². The number of furan rings is 1. The first-order valence-corrected chi connectivity index (χ1v) is 10.5. The monoisotopic (exact) mass is 371 g/mol. The number of hydrogen-bond acceptors (Lipinski definition) is 2. The number of pyridine rings is 2. The van der Waals surface area contributed by atoms with Crippen LogP contribution in [-0.2, 0) is 13.5 Å². The molecule has 142 valence electrons. The SMILES string of the molecule is CCc1ccc2c(n1)oc1c(-c3ccc(C4CCCC4)c[n+]3C)c(C)ccc12. The quantitative estimate of drug-likeness (QED) is 0.413. The van der Waals surface area contributed by atoms with Crippen LogP contribution in [0.15, 0.2) is 47.0 Å². The number of aromatic nitrogens is 2. The lowest BCUT2D eigenvalue weighted by Crippen LogP contribution is -2.31. The Balaban J connectivity index is 1.70. The van der Waals surface area contributed by atoms with E-state index in [0.717, 1.165) is 40.1 Å². The summed E-state index contributed by atoms with van der Waals surface area (Å²) in [7, 11) is 2.15. The maximum Gasteiger partial charge on any atom is 0.227 e. The molecule has 0 atom stereocenters. The molecule has 0 bridgehead atoms. The molecule has 3 aromatic heterocycles. The van der Waals surface area contributed by atoms with E-state index in [1.54, 1.807) is 0 Å². The van der Waals surface area contributed by atoms with Gasteiger partial charge in [0.15, 0.2) is 11.8 Å². The molecule has 0 spiro atoms. The highest BCUT2D eigenvalue weighted by Crippen LogP contribution is 2.38. The fourth-order valence-electron chi connectivity index (χ4n) is 4.76. The first kappa shape index (κ1) is 17.4.